The lowest BCUT2D eigenvalue weighted by Gasteiger charge is -2.15. The van der Waals surface area contributed by atoms with Crippen molar-refractivity contribution in [3.8, 4) is 5.75 Å². The minimum atomic E-state index is -0.248. The number of benzene rings is 1. The van der Waals surface area contributed by atoms with E-state index in [0.717, 1.165) is 11.3 Å². The molecule has 0 fully saturated rings. The van der Waals surface area contributed by atoms with Gasteiger partial charge in [-0.05, 0) is 6.07 Å². The van der Waals surface area contributed by atoms with Gasteiger partial charge in [0.05, 0.1) is 20.1 Å². The van der Waals surface area contributed by atoms with Crippen molar-refractivity contribution in [2.75, 3.05) is 27.8 Å². The lowest BCUT2D eigenvalue weighted by atomic mass is 10.2. The number of para-hydroxylation sites is 1. The van der Waals surface area contributed by atoms with Crippen LogP contribution in [0, 0.1) is 5.92 Å². The molecular formula is C15H23N3O3. The van der Waals surface area contributed by atoms with Crippen molar-refractivity contribution < 1.29 is 14.3 Å². The molecular weight excluding hydrogens is 270 g/mol. The molecule has 1 atom stereocenters. The number of hydrogen-bond donors (Lipinski definition) is 2. The van der Waals surface area contributed by atoms with Crippen molar-refractivity contribution in [2.24, 2.45) is 10.9 Å². The van der Waals surface area contributed by atoms with Gasteiger partial charge >= 0.3 is 5.97 Å². The summed E-state index contributed by atoms with van der Waals surface area (Å²) in [6, 6.07) is 7.77. The Hall–Kier alpha value is -2.24. The van der Waals surface area contributed by atoms with E-state index >= 15 is 0 Å². The molecule has 1 unspecified atom stereocenters. The SMILES string of the molecule is CN=C(NCc1ccccc1OC)NCC(C)C(=O)OC. The summed E-state index contributed by atoms with van der Waals surface area (Å²) >= 11 is 0. The number of ether oxygens (including phenoxy) is 2. The number of rotatable bonds is 6. The molecule has 0 bridgehead atoms. The van der Waals surface area contributed by atoms with E-state index in [1.54, 1.807) is 21.1 Å². The number of nitrogens with zero attached hydrogens (tertiary/aromatic N) is 1. The van der Waals surface area contributed by atoms with Gasteiger partial charge in [-0.15, -0.1) is 0 Å². The maximum atomic E-state index is 11.3. The molecule has 21 heavy (non-hydrogen) atoms. The number of aliphatic imine (C=N–C) groups is 1. The molecule has 6 nitrogen and oxygen atoms in total. The third-order valence-electron chi connectivity index (χ3n) is 3.04. The van der Waals surface area contributed by atoms with Gasteiger partial charge in [0.25, 0.3) is 0 Å². The van der Waals surface area contributed by atoms with E-state index in [1.165, 1.54) is 7.11 Å². The zero-order valence-electron chi connectivity index (χ0n) is 13.0. The van der Waals surface area contributed by atoms with Crippen LogP contribution in [0.3, 0.4) is 0 Å². The smallest absolute Gasteiger partial charge is 0.310 e. The Labute approximate surface area is 125 Å². The Balaban J connectivity index is 2.50. The van der Waals surface area contributed by atoms with Crippen molar-refractivity contribution in [1.29, 1.82) is 0 Å². The average Bonchev–Trinajstić information content (AvgIpc) is 2.54. The highest BCUT2D eigenvalue weighted by Crippen LogP contribution is 2.16. The number of nitrogens with one attached hydrogen (secondary N) is 2. The summed E-state index contributed by atoms with van der Waals surface area (Å²) in [4.78, 5) is 15.5. The molecule has 1 rings (SSSR count). The standard InChI is InChI=1S/C15H23N3O3/c1-11(14(19)21-4)9-17-15(16-2)18-10-12-7-5-6-8-13(12)20-3/h5-8,11H,9-10H2,1-4H3,(H2,16,17,18). The monoisotopic (exact) mass is 293 g/mol. The van der Waals surface area contributed by atoms with Crippen LogP contribution >= 0.6 is 0 Å². The van der Waals surface area contributed by atoms with E-state index in [0.29, 0.717) is 19.0 Å². The fourth-order valence-electron chi connectivity index (χ4n) is 1.78. The third kappa shape index (κ3) is 5.33. The first-order chi connectivity index (χ1) is 10.1. The molecule has 0 spiro atoms. The predicted octanol–water partition coefficient (Wildman–Crippen LogP) is 1.17. The number of carbonyl (C=O) groups excluding carboxylic acids is 1. The third-order valence-corrected chi connectivity index (χ3v) is 3.04. The molecule has 0 aliphatic carbocycles. The summed E-state index contributed by atoms with van der Waals surface area (Å²) in [5.41, 5.74) is 1.03. The van der Waals surface area contributed by atoms with Crippen LogP contribution in [0.1, 0.15) is 12.5 Å². The Morgan fingerprint density at radius 1 is 1.29 bits per heavy atom. The molecule has 0 amide bonds. The minimum absolute atomic E-state index is 0.236. The van der Waals surface area contributed by atoms with Gasteiger partial charge in [-0.3, -0.25) is 9.79 Å². The Kier molecular flexibility index (Phi) is 7.08. The van der Waals surface area contributed by atoms with Crippen LogP contribution < -0.4 is 15.4 Å². The van der Waals surface area contributed by atoms with Gasteiger partial charge in [0, 0.05) is 25.7 Å². The quantitative estimate of drug-likeness (QED) is 0.468. The molecule has 0 aliphatic rings. The number of esters is 1. The molecule has 1 aromatic rings. The molecule has 0 aliphatic heterocycles. The van der Waals surface area contributed by atoms with E-state index in [9.17, 15) is 4.79 Å². The Morgan fingerprint density at radius 3 is 2.62 bits per heavy atom. The second-order valence-electron chi connectivity index (χ2n) is 4.54. The zero-order valence-corrected chi connectivity index (χ0v) is 13.0. The maximum absolute atomic E-state index is 11.3. The number of hydrogen-bond acceptors (Lipinski definition) is 4. The fourth-order valence-corrected chi connectivity index (χ4v) is 1.78. The first-order valence-electron chi connectivity index (χ1n) is 6.76. The summed E-state index contributed by atoms with van der Waals surface area (Å²) in [6.07, 6.45) is 0. The molecule has 2 N–H and O–H groups in total. The summed E-state index contributed by atoms with van der Waals surface area (Å²) in [5.74, 6) is 0.961. The second kappa shape index (κ2) is 8.84. The van der Waals surface area contributed by atoms with E-state index in [4.69, 9.17) is 4.74 Å². The Bertz CT molecular complexity index is 489. The number of carbonyl (C=O) groups is 1. The predicted molar refractivity (Wildman–Crippen MR) is 82.4 cm³/mol. The van der Waals surface area contributed by atoms with Crippen LogP contribution in [-0.2, 0) is 16.1 Å². The average molecular weight is 293 g/mol. The van der Waals surface area contributed by atoms with Gasteiger partial charge in [0.1, 0.15) is 5.75 Å². The molecule has 0 saturated carbocycles. The molecule has 0 radical (unpaired) electrons. The van der Waals surface area contributed by atoms with Crippen LogP contribution in [-0.4, -0.2) is 39.7 Å². The van der Waals surface area contributed by atoms with Crippen LogP contribution in [0.5, 0.6) is 5.75 Å². The molecule has 6 heteroatoms. The Morgan fingerprint density at radius 2 is 2.00 bits per heavy atom. The van der Waals surface area contributed by atoms with Crippen molar-refractivity contribution >= 4 is 11.9 Å². The molecule has 1 aromatic carbocycles. The van der Waals surface area contributed by atoms with Gasteiger partial charge in [-0.25, -0.2) is 0 Å². The fraction of sp³-hybridized carbons (Fsp3) is 0.467. The summed E-state index contributed by atoms with van der Waals surface area (Å²) in [7, 11) is 4.71. The first-order valence-corrected chi connectivity index (χ1v) is 6.76. The molecule has 0 heterocycles. The molecule has 116 valence electrons. The summed E-state index contributed by atoms with van der Waals surface area (Å²) in [6.45, 7) is 2.83. The van der Waals surface area contributed by atoms with Gasteiger partial charge in [-0.2, -0.15) is 0 Å². The van der Waals surface area contributed by atoms with Gasteiger partial charge < -0.3 is 20.1 Å². The van der Waals surface area contributed by atoms with Crippen LogP contribution in [0.4, 0.5) is 0 Å². The van der Waals surface area contributed by atoms with Crippen molar-refractivity contribution in [2.45, 2.75) is 13.5 Å². The highest BCUT2D eigenvalue weighted by Gasteiger charge is 2.13. The molecule has 0 aromatic heterocycles. The summed E-state index contributed by atoms with van der Waals surface area (Å²) < 4.78 is 9.98. The van der Waals surface area contributed by atoms with E-state index < -0.39 is 0 Å². The first kappa shape index (κ1) is 16.8. The van der Waals surface area contributed by atoms with Crippen LogP contribution in [0.15, 0.2) is 29.3 Å². The highest BCUT2D eigenvalue weighted by molar-refractivity contribution is 5.80. The largest absolute Gasteiger partial charge is 0.496 e. The van der Waals surface area contributed by atoms with Crippen molar-refractivity contribution in [3.05, 3.63) is 29.8 Å². The van der Waals surface area contributed by atoms with Gasteiger partial charge in [0.15, 0.2) is 5.96 Å². The van der Waals surface area contributed by atoms with E-state index in [2.05, 4.69) is 20.4 Å². The molecule has 0 saturated heterocycles. The highest BCUT2D eigenvalue weighted by atomic mass is 16.5. The van der Waals surface area contributed by atoms with Gasteiger partial charge in [-0.1, -0.05) is 25.1 Å². The van der Waals surface area contributed by atoms with E-state index in [1.807, 2.05) is 24.3 Å². The lowest BCUT2D eigenvalue weighted by molar-refractivity contribution is -0.144. The minimum Gasteiger partial charge on any atom is -0.496 e. The second-order valence-corrected chi connectivity index (χ2v) is 4.54. The van der Waals surface area contributed by atoms with Crippen molar-refractivity contribution in [1.82, 2.24) is 10.6 Å². The maximum Gasteiger partial charge on any atom is 0.310 e. The normalized spacial score (nSPS) is 12.5. The lowest BCUT2D eigenvalue weighted by Crippen LogP contribution is -2.40. The van der Waals surface area contributed by atoms with Crippen LogP contribution in [0.2, 0.25) is 0 Å². The van der Waals surface area contributed by atoms with E-state index in [-0.39, 0.29) is 11.9 Å². The topological polar surface area (TPSA) is 72.0 Å². The summed E-state index contributed by atoms with van der Waals surface area (Å²) in [5, 5.41) is 6.27. The van der Waals surface area contributed by atoms with Crippen molar-refractivity contribution in [3.63, 3.8) is 0 Å². The van der Waals surface area contributed by atoms with Gasteiger partial charge in [0.2, 0.25) is 0 Å². The van der Waals surface area contributed by atoms with Crippen LogP contribution in [0.25, 0.3) is 0 Å². The number of guanidine groups is 1. The zero-order chi connectivity index (χ0) is 15.7. The number of methoxy groups -OCH3 is 2.